The molecule has 0 unspecified atom stereocenters. The van der Waals surface area contributed by atoms with Crippen LogP contribution in [0, 0.1) is 0 Å². The van der Waals surface area contributed by atoms with Crippen molar-refractivity contribution in [2.24, 2.45) is 5.16 Å². The Morgan fingerprint density at radius 1 is 1.04 bits per heavy atom. The van der Waals surface area contributed by atoms with Crippen molar-refractivity contribution in [3.63, 3.8) is 0 Å². The summed E-state index contributed by atoms with van der Waals surface area (Å²) in [6.45, 7) is 12.3. The normalized spacial score (nSPS) is 13.4. The Kier molecular flexibility index (Phi) is 4.53. The van der Waals surface area contributed by atoms with Crippen LogP contribution in [0.4, 0.5) is 0 Å². The molecule has 1 aromatic heterocycles. The van der Waals surface area contributed by atoms with Crippen LogP contribution in [0.3, 0.4) is 0 Å². The van der Waals surface area contributed by atoms with Crippen molar-refractivity contribution in [2.75, 3.05) is 0 Å². The zero-order valence-corrected chi connectivity index (χ0v) is 15.3. The number of nitrogens with zero attached hydrogens (tertiary/aromatic N) is 2. The minimum absolute atomic E-state index is 0.233. The van der Waals surface area contributed by atoms with E-state index in [1.807, 2.05) is 17.5 Å². The maximum Gasteiger partial charge on any atom is 0.145 e. The molecule has 4 nitrogen and oxygen atoms in total. The smallest absolute Gasteiger partial charge is 0.145 e. The highest BCUT2D eigenvalue weighted by Gasteiger charge is 2.28. The maximum atomic E-state index is 10.8. The first kappa shape index (κ1) is 17.5. The molecule has 0 spiro atoms. The van der Waals surface area contributed by atoms with Crippen molar-refractivity contribution in [1.82, 2.24) is 4.98 Å². The molecular weight excluding hydrogens is 308 g/mol. The van der Waals surface area contributed by atoms with Crippen molar-refractivity contribution < 1.29 is 10.3 Å². The number of benzene rings is 1. The van der Waals surface area contributed by atoms with Gasteiger partial charge in [-0.25, -0.2) is 4.98 Å². The lowest BCUT2D eigenvalue weighted by atomic mass is 9.78. The maximum absolute atomic E-state index is 10.8. The van der Waals surface area contributed by atoms with Gasteiger partial charge >= 0.3 is 0 Å². The Morgan fingerprint density at radius 2 is 1.57 bits per heavy atom. The molecule has 2 N–H and O–H groups in total. The molecule has 0 aliphatic rings. The highest BCUT2D eigenvalue weighted by atomic mass is 32.1. The predicted molar refractivity (Wildman–Crippen MR) is 95.0 cm³/mol. The van der Waals surface area contributed by atoms with Crippen LogP contribution in [0.2, 0.25) is 0 Å². The van der Waals surface area contributed by atoms with Gasteiger partial charge in [-0.15, -0.1) is 11.3 Å². The van der Waals surface area contributed by atoms with E-state index < -0.39 is 0 Å². The molecule has 5 heteroatoms. The van der Waals surface area contributed by atoms with Crippen molar-refractivity contribution in [2.45, 2.75) is 52.4 Å². The van der Waals surface area contributed by atoms with E-state index in [4.69, 9.17) is 0 Å². The Morgan fingerprint density at radius 3 is 1.91 bits per heavy atom. The van der Waals surface area contributed by atoms with Crippen LogP contribution in [0.15, 0.2) is 28.9 Å². The van der Waals surface area contributed by atoms with E-state index in [0.717, 1.165) is 16.7 Å². The molecule has 2 aromatic rings. The average molecular weight is 332 g/mol. The van der Waals surface area contributed by atoms with Crippen LogP contribution in [0.25, 0.3) is 0 Å². The van der Waals surface area contributed by atoms with Crippen molar-refractivity contribution >= 4 is 17.0 Å². The average Bonchev–Trinajstić information content (AvgIpc) is 2.92. The molecule has 0 atom stereocenters. The van der Waals surface area contributed by atoms with Crippen LogP contribution in [0.5, 0.6) is 5.75 Å². The number of phenolic OH excluding ortho intramolecular Hbond substituents is 1. The molecule has 2 rings (SSSR count). The van der Waals surface area contributed by atoms with E-state index in [1.54, 1.807) is 6.20 Å². The Balaban J connectivity index is 2.75. The fraction of sp³-hybridized carbons (Fsp3) is 0.444. The first-order valence-corrected chi connectivity index (χ1v) is 8.44. The molecule has 23 heavy (non-hydrogen) atoms. The third-order valence-electron chi connectivity index (χ3n) is 3.73. The largest absolute Gasteiger partial charge is 0.507 e. The zero-order valence-electron chi connectivity index (χ0n) is 14.5. The summed E-state index contributed by atoms with van der Waals surface area (Å²) in [6, 6.07) is 3.78. The number of rotatable bonds is 2. The van der Waals surface area contributed by atoms with Crippen LogP contribution in [0.1, 0.15) is 63.2 Å². The molecule has 1 heterocycles. The molecule has 0 radical (unpaired) electrons. The summed E-state index contributed by atoms with van der Waals surface area (Å²) >= 11 is 1.42. The topological polar surface area (TPSA) is 65.7 Å². The number of oxime groups is 1. The first-order chi connectivity index (χ1) is 10.6. The SMILES string of the molecule is CC(C)(C)c1cc(C(=NO)c2nccs2)cc(C(C)(C)C)c1O. The van der Waals surface area contributed by atoms with Gasteiger partial charge in [-0.2, -0.15) is 0 Å². The predicted octanol–water partition coefficient (Wildman–Crippen LogP) is 4.67. The Bertz CT molecular complexity index is 685. The molecule has 0 fully saturated rings. The van der Waals surface area contributed by atoms with Gasteiger partial charge in [0, 0.05) is 28.3 Å². The van der Waals surface area contributed by atoms with Crippen LogP contribution in [-0.4, -0.2) is 21.0 Å². The molecule has 0 saturated heterocycles. The highest BCUT2D eigenvalue weighted by Crippen LogP contribution is 2.40. The van der Waals surface area contributed by atoms with Crippen molar-refractivity contribution in [1.29, 1.82) is 0 Å². The van der Waals surface area contributed by atoms with Gasteiger partial charge in [-0.05, 0) is 23.0 Å². The molecule has 0 aliphatic heterocycles. The molecule has 0 aliphatic carbocycles. The number of thiazole rings is 1. The standard InChI is InChI=1S/C18H24N2O2S/c1-17(2,3)12-9-11(10-13(15(12)21)18(4,5)6)14(20-22)16-19-7-8-23-16/h7-10,21-22H,1-6H3. The summed E-state index contributed by atoms with van der Waals surface area (Å²) in [5.74, 6) is 0.310. The molecule has 1 aromatic carbocycles. The second-order valence-corrected chi connectivity index (χ2v) is 8.60. The number of aromatic nitrogens is 1. The second-order valence-electron chi connectivity index (χ2n) is 7.71. The van der Waals surface area contributed by atoms with Gasteiger partial charge in [0.2, 0.25) is 0 Å². The fourth-order valence-electron chi connectivity index (χ4n) is 2.48. The highest BCUT2D eigenvalue weighted by molar-refractivity contribution is 7.11. The monoisotopic (exact) mass is 332 g/mol. The van der Waals surface area contributed by atoms with Crippen LogP contribution in [-0.2, 0) is 10.8 Å². The number of phenols is 1. The summed E-state index contributed by atoms with van der Waals surface area (Å²) < 4.78 is 0. The van der Waals surface area contributed by atoms with Gasteiger partial charge in [-0.3, -0.25) is 0 Å². The second kappa shape index (κ2) is 5.96. The quantitative estimate of drug-likeness (QED) is 0.477. The molecule has 0 saturated carbocycles. The van der Waals surface area contributed by atoms with Gasteiger partial charge in [0.05, 0.1) is 0 Å². The van der Waals surface area contributed by atoms with E-state index in [1.165, 1.54) is 11.3 Å². The van der Waals surface area contributed by atoms with Crippen LogP contribution < -0.4 is 0 Å². The zero-order chi connectivity index (χ0) is 17.4. The van der Waals surface area contributed by atoms with Gasteiger partial charge in [0.1, 0.15) is 16.5 Å². The van der Waals surface area contributed by atoms with E-state index in [2.05, 4.69) is 51.7 Å². The molecule has 0 bridgehead atoms. The third-order valence-corrected chi connectivity index (χ3v) is 4.51. The summed E-state index contributed by atoms with van der Waals surface area (Å²) in [7, 11) is 0. The van der Waals surface area contributed by atoms with Gasteiger partial charge in [0.25, 0.3) is 0 Å². The van der Waals surface area contributed by atoms with Crippen molar-refractivity contribution in [3.05, 3.63) is 45.4 Å². The van der Waals surface area contributed by atoms with E-state index >= 15 is 0 Å². The number of hydrogen-bond donors (Lipinski definition) is 2. The third kappa shape index (κ3) is 3.55. The van der Waals surface area contributed by atoms with Gasteiger partial charge in [0.15, 0.2) is 0 Å². The lowest BCUT2D eigenvalue weighted by Gasteiger charge is -2.28. The number of aromatic hydroxyl groups is 1. The van der Waals surface area contributed by atoms with Crippen molar-refractivity contribution in [3.8, 4) is 5.75 Å². The van der Waals surface area contributed by atoms with E-state index in [0.29, 0.717) is 16.5 Å². The summed E-state index contributed by atoms with van der Waals surface area (Å²) in [5, 5.41) is 26.2. The van der Waals surface area contributed by atoms with E-state index in [9.17, 15) is 10.3 Å². The molecule has 124 valence electrons. The lowest BCUT2D eigenvalue weighted by Crippen LogP contribution is -2.19. The van der Waals surface area contributed by atoms with Crippen LogP contribution >= 0.6 is 11.3 Å². The van der Waals surface area contributed by atoms with E-state index in [-0.39, 0.29) is 10.8 Å². The Labute approximate surface area is 141 Å². The fourth-order valence-corrected chi connectivity index (χ4v) is 3.12. The summed E-state index contributed by atoms with van der Waals surface area (Å²) in [6.07, 6.45) is 1.68. The minimum Gasteiger partial charge on any atom is -0.507 e. The Hall–Kier alpha value is -1.88. The number of hydrogen-bond acceptors (Lipinski definition) is 5. The van der Waals surface area contributed by atoms with Gasteiger partial charge in [-0.1, -0.05) is 46.7 Å². The summed E-state index contributed by atoms with van der Waals surface area (Å²) in [5.41, 5.74) is 2.38. The molecular formula is C18H24N2O2S. The summed E-state index contributed by atoms with van der Waals surface area (Å²) in [4.78, 5) is 4.24. The van der Waals surface area contributed by atoms with Gasteiger partial charge < -0.3 is 10.3 Å². The molecule has 0 amide bonds. The minimum atomic E-state index is -0.233. The lowest BCUT2D eigenvalue weighted by molar-refractivity contribution is 0.319. The first-order valence-electron chi connectivity index (χ1n) is 7.56.